The molecule has 1 fully saturated rings. The molecule has 0 aromatic carbocycles. The van der Waals surface area contributed by atoms with E-state index < -0.39 is 0 Å². The molecule has 2 unspecified atom stereocenters. The van der Waals surface area contributed by atoms with Crippen LogP contribution < -0.4 is 0 Å². The first-order chi connectivity index (χ1) is 7.60. The second kappa shape index (κ2) is 6.60. The zero-order chi connectivity index (χ0) is 12.1. The largest absolute Gasteiger partial charge is 0.343 e. The molecule has 0 aliphatic carbocycles. The van der Waals surface area contributed by atoms with Crippen LogP contribution in [0.2, 0.25) is 0 Å². The number of hydrogen-bond acceptors (Lipinski definition) is 2. The standard InChI is InChI=1S/C12H23BrN2O/c1-4-11(13)12(16)14(3)9-10-7-6-8-15(10)5-2/h10-11H,4-9H2,1-3H3. The van der Waals surface area contributed by atoms with Crippen LogP contribution in [0.25, 0.3) is 0 Å². The summed E-state index contributed by atoms with van der Waals surface area (Å²) in [5.41, 5.74) is 0. The van der Waals surface area contributed by atoms with Gasteiger partial charge in [-0.05, 0) is 32.4 Å². The smallest absolute Gasteiger partial charge is 0.236 e. The van der Waals surface area contributed by atoms with Crippen LogP contribution in [0.3, 0.4) is 0 Å². The van der Waals surface area contributed by atoms with Gasteiger partial charge in [0, 0.05) is 19.6 Å². The fourth-order valence-electron chi connectivity index (χ4n) is 2.34. The summed E-state index contributed by atoms with van der Waals surface area (Å²) in [4.78, 5) is 16.2. The van der Waals surface area contributed by atoms with Crippen LogP contribution in [-0.2, 0) is 4.79 Å². The summed E-state index contributed by atoms with van der Waals surface area (Å²) < 4.78 is 0. The van der Waals surface area contributed by atoms with E-state index in [0.717, 1.165) is 19.5 Å². The Balaban J connectivity index is 2.44. The lowest BCUT2D eigenvalue weighted by atomic mass is 10.2. The van der Waals surface area contributed by atoms with Crippen LogP contribution in [0.5, 0.6) is 0 Å². The predicted octanol–water partition coefficient (Wildman–Crippen LogP) is 2.10. The number of alkyl halides is 1. The molecule has 2 atom stereocenters. The van der Waals surface area contributed by atoms with E-state index in [1.165, 1.54) is 19.4 Å². The molecule has 0 aromatic rings. The summed E-state index contributed by atoms with van der Waals surface area (Å²) in [6.45, 7) is 7.38. The second-order valence-electron chi connectivity index (χ2n) is 4.52. The average molecular weight is 291 g/mol. The van der Waals surface area contributed by atoms with E-state index in [1.54, 1.807) is 0 Å². The van der Waals surface area contributed by atoms with Crippen LogP contribution in [0, 0.1) is 0 Å². The van der Waals surface area contributed by atoms with Crippen LogP contribution in [-0.4, -0.2) is 53.3 Å². The van der Waals surface area contributed by atoms with Gasteiger partial charge in [0.05, 0.1) is 4.83 Å². The van der Waals surface area contributed by atoms with Crippen molar-refractivity contribution in [3.8, 4) is 0 Å². The van der Waals surface area contributed by atoms with E-state index in [2.05, 4.69) is 27.8 Å². The maximum Gasteiger partial charge on any atom is 0.236 e. The predicted molar refractivity (Wildman–Crippen MR) is 70.9 cm³/mol. The Labute approximate surface area is 107 Å². The van der Waals surface area contributed by atoms with E-state index in [4.69, 9.17) is 0 Å². The van der Waals surface area contributed by atoms with Crippen LogP contribution >= 0.6 is 15.9 Å². The van der Waals surface area contributed by atoms with Crippen molar-refractivity contribution in [3.05, 3.63) is 0 Å². The molecule has 1 aliphatic heterocycles. The van der Waals surface area contributed by atoms with Crippen LogP contribution in [0.15, 0.2) is 0 Å². The molecule has 0 bridgehead atoms. The first-order valence-corrected chi connectivity index (χ1v) is 7.14. The molecular formula is C12H23BrN2O. The topological polar surface area (TPSA) is 23.6 Å². The summed E-state index contributed by atoms with van der Waals surface area (Å²) in [7, 11) is 1.92. The lowest BCUT2D eigenvalue weighted by Gasteiger charge is -2.28. The van der Waals surface area contributed by atoms with E-state index in [1.807, 2.05) is 18.9 Å². The fourth-order valence-corrected chi connectivity index (χ4v) is 2.69. The van der Waals surface area contributed by atoms with Crippen molar-refractivity contribution in [2.75, 3.05) is 26.7 Å². The number of amides is 1. The molecule has 0 spiro atoms. The van der Waals surface area contributed by atoms with E-state index in [-0.39, 0.29) is 10.7 Å². The summed E-state index contributed by atoms with van der Waals surface area (Å²) in [5, 5.41) is 0. The van der Waals surface area contributed by atoms with E-state index in [9.17, 15) is 4.79 Å². The molecule has 94 valence electrons. The monoisotopic (exact) mass is 290 g/mol. The van der Waals surface area contributed by atoms with Crippen molar-refractivity contribution >= 4 is 21.8 Å². The van der Waals surface area contributed by atoms with Gasteiger partial charge in [0.2, 0.25) is 5.91 Å². The van der Waals surface area contributed by atoms with Gasteiger partial charge in [0.1, 0.15) is 0 Å². The molecule has 4 heteroatoms. The van der Waals surface area contributed by atoms with Gasteiger partial charge in [0.25, 0.3) is 0 Å². The molecule has 0 aromatic heterocycles. The Morgan fingerprint density at radius 3 is 2.81 bits per heavy atom. The van der Waals surface area contributed by atoms with Gasteiger partial charge in [-0.2, -0.15) is 0 Å². The lowest BCUT2D eigenvalue weighted by molar-refractivity contribution is -0.129. The fraction of sp³-hybridized carbons (Fsp3) is 0.917. The Kier molecular flexibility index (Phi) is 5.76. The molecule has 1 heterocycles. The van der Waals surface area contributed by atoms with Gasteiger partial charge < -0.3 is 4.90 Å². The Morgan fingerprint density at radius 1 is 1.56 bits per heavy atom. The minimum atomic E-state index is -0.0195. The molecule has 1 rings (SSSR count). The summed E-state index contributed by atoms with van der Waals surface area (Å²) in [6.07, 6.45) is 3.35. The zero-order valence-electron chi connectivity index (χ0n) is 10.6. The Hall–Kier alpha value is -0.0900. The van der Waals surface area contributed by atoms with Gasteiger partial charge in [-0.3, -0.25) is 9.69 Å². The van der Waals surface area contributed by atoms with Crippen LogP contribution in [0.4, 0.5) is 0 Å². The molecule has 1 aliphatic rings. The molecule has 3 nitrogen and oxygen atoms in total. The highest BCUT2D eigenvalue weighted by molar-refractivity contribution is 9.10. The third-order valence-electron chi connectivity index (χ3n) is 3.39. The highest BCUT2D eigenvalue weighted by Crippen LogP contribution is 2.18. The van der Waals surface area contributed by atoms with Crippen molar-refractivity contribution in [2.24, 2.45) is 0 Å². The highest BCUT2D eigenvalue weighted by Gasteiger charge is 2.26. The summed E-state index contributed by atoms with van der Waals surface area (Å²) >= 11 is 3.42. The number of rotatable bonds is 5. The van der Waals surface area contributed by atoms with Crippen molar-refractivity contribution in [1.82, 2.24) is 9.80 Å². The molecule has 1 amide bonds. The highest BCUT2D eigenvalue weighted by atomic mass is 79.9. The molecular weight excluding hydrogens is 268 g/mol. The van der Waals surface area contributed by atoms with E-state index in [0.29, 0.717) is 6.04 Å². The number of hydrogen-bond donors (Lipinski definition) is 0. The van der Waals surface area contributed by atoms with Gasteiger partial charge in [-0.15, -0.1) is 0 Å². The molecule has 1 saturated heterocycles. The Bertz CT molecular complexity index is 235. The van der Waals surface area contributed by atoms with Gasteiger partial charge in [0.15, 0.2) is 0 Å². The van der Waals surface area contributed by atoms with Crippen molar-refractivity contribution in [3.63, 3.8) is 0 Å². The first-order valence-electron chi connectivity index (χ1n) is 6.23. The summed E-state index contributed by atoms with van der Waals surface area (Å²) in [5.74, 6) is 0.213. The number of likely N-dealkylation sites (tertiary alicyclic amines) is 1. The maximum atomic E-state index is 11.9. The van der Waals surface area contributed by atoms with Gasteiger partial charge in [-0.25, -0.2) is 0 Å². The quantitative estimate of drug-likeness (QED) is 0.724. The Morgan fingerprint density at radius 2 is 2.25 bits per heavy atom. The third-order valence-corrected chi connectivity index (χ3v) is 4.43. The minimum Gasteiger partial charge on any atom is -0.343 e. The average Bonchev–Trinajstić information content (AvgIpc) is 2.74. The SMILES string of the molecule is CCC(Br)C(=O)N(C)CC1CCCN1CC. The van der Waals surface area contributed by atoms with Crippen molar-refractivity contribution in [1.29, 1.82) is 0 Å². The van der Waals surface area contributed by atoms with Gasteiger partial charge in [-0.1, -0.05) is 29.8 Å². The number of nitrogens with zero attached hydrogens (tertiary/aromatic N) is 2. The van der Waals surface area contributed by atoms with Crippen molar-refractivity contribution in [2.45, 2.75) is 44.0 Å². The lowest BCUT2D eigenvalue weighted by Crippen LogP contribution is -2.43. The normalized spacial score (nSPS) is 23.4. The first kappa shape index (κ1) is 14.0. The zero-order valence-corrected chi connectivity index (χ0v) is 12.2. The number of carbonyl (C=O) groups is 1. The van der Waals surface area contributed by atoms with Gasteiger partial charge >= 0.3 is 0 Å². The second-order valence-corrected chi connectivity index (χ2v) is 5.62. The minimum absolute atomic E-state index is 0.0195. The number of halogens is 1. The number of carbonyl (C=O) groups excluding carboxylic acids is 1. The molecule has 16 heavy (non-hydrogen) atoms. The molecule has 0 radical (unpaired) electrons. The molecule has 0 N–H and O–H groups in total. The van der Waals surface area contributed by atoms with Crippen molar-refractivity contribution < 1.29 is 4.79 Å². The third kappa shape index (κ3) is 3.45. The molecule has 0 saturated carbocycles. The summed E-state index contributed by atoms with van der Waals surface area (Å²) in [6, 6.07) is 0.565. The maximum absolute atomic E-state index is 11.9. The number of likely N-dealkylation sites (N-methyl/N-ethyl adjacent to an activating group) is 2. The van der Waals surface area contributed by atoms with E-state index >= 15 is 0 Å². The van der Waals surface area contributed by atoms with Crippen LogP contribution in [0.1, 0.15) is 33.1 Å².